The molecule has 21 heavy (non-hydrogen) atoms. The lowest BCUT2D eigenvalue weighted by molar-refractivity contribution is -0.137. The first-order valence-electron chi connectivity index (χ1n) is 6.92. The molecule has 6 heteroatoms. The zero-order chi connectivity index (χ0) is 15.7. The van der Waals surface area contributed by atoms with Crippen LogP contribution in [0.3, 0.4) is 0 Å². The molecule has 0 saturated heterocycles. The van der Waals surface area contributed by atoms with Crippen LogP contribution in [0.4, 0.5) is 10.5 Å². The van der Waals surface area contributed by atoms with E-state index in [4.69, 9.17) is 5.11 Å². The van der Waals surface area contributed by atoms with Crippen LogP contribution in [0.2, 0.25) is 0 Å². The van der Waals surface area contributed by atoms with Crippen molar-refractivity contribution in [3.8, 4) is 0 Å². The number of hydrogen-bond acceptors (Lipinski definition) is 3. The van der Waals surface area contributed by atoms with Gasteiger partial charge in [0.1, 0.15) is 0 Å². The third-order valence-electron chi connectivity index (χ3n) is 3.10. The fourth-order valence-corrected chi connectivity index (χ4v) is 2.28. The number of urea groups is 1. The third-order valence-corrected chi connectivity index (χ3v) is 3.83. The Balaban J connectivity index is 2.26. The van der Waals surface area contributed by atoms with Gasteiger partial charge in [-0.25, -0.2) is 4.79 Å². The predicted molar refractivity (Wildman–Crippen MR) is 85.9 cm³/mol. The Kier molecular flexibility index (Phi) is 7.68. The summed E-state index contributed by atoms with van der Waals surface area (Å²) in [5, 5.41) is 14.2. The SMILES string of the molecule is CSc1cccc(NC(=O)NCCC(C)CCC(=O)O)c1. The van der Waals surface area contributed by atoms with Gasteiger partial charge < -0.3 is 15.7 Å². The maximum atomic E-state index is 11.7. The first kappa shape index (κ1) is 17.4. The average Bonchev–Trinajstić information content (AvgIpc) is 2.45. The minimum Gasteiger partial charge on any atom is -0.481 e. The summed E-state index contributed by atoms with van der Waals surface area (Å²) >= 11 is 1.62. The second kappa shape index (κ2) is 9.28. The fraction of sp³-hybridized carbons (Fsp3) is 0.467. The topological polar surface area (TPSA) is 78.4 Å². The Morgan fingerprint density at radius 2 is 2.10 bits per heavy atom. The van der Waals surface area contributed by atoms with Gasteiger partial charge in [0, 0.05) is 23.5 Å². The summed E-state index contributed by atoms with van der Waals surface area (Å²) in [5.74, 6) is -0.498. The number of hydrogen-bond donors (Lipinski definition) is 3. The highest BCUT2D eigenvalue weighted by Crippen LogP contribution is 2.18. The smallest absolute Gasteiger partial charge is 0.319 e. The van der Waals surface area contributed by atoms with E-state index in [0.29, 0.717) is 13.0 Å². The molecule has 0 aromatic heterocycles. The minimum atomic E-state index is -0.777. The third kappa shape index (κ3) is 7.60. The Hall–Kier alpha value is -1.69. The van der Waals surface area contributed by atoms with Crippen LogP contribution < -0.4 is 10.6 Å². The van der Waals surface area contributed by atoms with Crippen molar-refractivity contribution in [3.63, 3.8) is 0 Å². The largest absolute Gasteiger partial charge is 0.481 e. The van der Waals surface area contributed by atoms with Gasteiger partial charge in [-0.2, -0.15) is 0 Å². The van der Waals surface area contributed by atoms with E-state index >= 15 is 0 Å². The van der Waals surface area contributed by atoms with E-state index in [-0.39, 0.29) is 18.4 Å². The maximum absolute atomic E-state index is 11.7. The van der Waals surface area contributed by atoms with Gasteiger partial charge >= 0.3 is 12.0 Å². The maximum Gasteiger partial charge on any atom is 0.319 e. The number of benzene rings is 1. The minimum absolute atomic E-state index is 0.175. The number of carbonyl (C=O) groups excluding carboxylic acids is 1. The molecule has 0 spiro atoms. The van der Waals surface area contributed by atoms with Crippen molar-refractivity contribution < 1.29 is 14.7 Å². The lowest BCUT2D eigenvalue weighted by atomic mass is 10.0. The number of rotatable bonds is 8. The van der Waals surface area contributed by atoms with Gasteiger partial charge in [0.25, 0.3) is 0 Å². The molecule has 0 fully saturated rings. The molecule has 1 aromatic rings. The number of amides is 2. The van der Waals surface area contributed by atoms with Gasteiger partial charge in [0.05, 0.1) is 0 Å². The summed E-state index contributed by atoms with van der Waals surface area (Å²) in [4.78, 5) is 23.3. The van der Waals surface area contributed by atoms with Crippen LogP contribution in [0.25, 0.3) is 0 Å². The van der Waals surface area contributed by atoms with Gasteiger partial charge in [-0.3, -0.25) is 4.79 Å². The first-order valence-corrected chi connectivity index (χ1v) is 8.14. The summed E-state index contributed by atoms with van der Waals surface area (Å²) < 4.78 is 0. The molecule has 2 amide bonds. The number of carboxylic acids is 1. The summed E-state index contributed by atoms with van der Waals surface area (Å²) in [5.41, 5.74) is 0.762. The molecule has 0 aliphatic rings. The zero-order valence-corrected chi connectivity index (χ0v) is 13.2. The number of carboxylic acid groups (broad SMARTS) is 1. The number of carbonyl (C=O) groups is 2. The van der Waals surface area contributed by atoms with Crippen molar-refractivity contribution in [2.24, 2.45) is 5.92 Å². The number of nitrogens with one attached hydrogen (secondary N) is 2. The van der Waals surface area contributed by atoms with Crippen LogP contribution >= 0.6 is 11.8 Å². The molecule has 0 aliphatic heterocycles. The van der Waals surface area contributed by atoms with E-state index in [9.17, 15) is 9.59 Å². The molecule has 5 nitrogen and oxygen atoms in total. The van der Waals surface area contributed by atoms with E-state index in [1.54, 1.807) is 11.8 Å². The molecule has 1 aromatic carbocycles. The van der Waals surface area contributed by atoms with Crippen LogP contribution in [0.1, 0.15) is 26.2 Å². The fourth-order valence-electron chi connectivity index (χ4n) is 1.82. The zero-order valence-electron chi connectivity index (χ0n) is 12.4. The molecular formula is C15H22N2O3S. The Labute approximate surface area is 129 Å². The quantitative estimate of drug-likeness (QED) is 0.643. The molecular weight excluding hydrogens is 288 g/mol. The van der Waals surface area contributed by atoms with Gasteiger partial charge in [-0.1, -0.05) is 13.0 Å². The van der Waals surface area contributed by atoms with E-state index in [1.165, 1.54) is 0 Å². The molecule has 1 atom stereocenters. The van der Waals surface area contributed by atoms with Crippen LogP contribution in [0.15, 0.2) is 29.2 Å². The van der Waals surface area contributed by atoms with Crippen LogP contribution in [0.5, 0.6) is 0 Å². The van der Waals surface area contributed by atoms with Crippen molar-refractivity contribution in [3.05, 3.63) is 24.3 Å². The van der Waals surface area contributed by atoms with Crippen LogP contribution in [-0.4, -0.2) is 29.9 Å². The Morgan fingerprint density at radius 3 is 2.76 bits per heavy atom. The standard InChI is InChI=1S/C15H22N2O3S/c1-11(6-7-14(18)19)8-9-16-15(20)17-12-4-3-5-13(10-12)21-2/h3-5,10-11H,6-9H2,1-2H3,(H,18,19)(H2,16,17,20). The predicted octanol–water partition coefficient (Wildman–Crippen LogP) is 3.42. The Bertz CT molecular complexity index is 480. The van der Waals surface area contributed by atoms with Crippen molar-refractivity contribution in [1.29, 1.82) is 0 Å². The van der Waals surface area contributed by atoms with Gasteiger partial charge in [0.15, 0.2) is 0 Å². The first-order chi connectivity index (χ1) is 10.0. The van der Waals surface area contributed by atoms with Crippen molar-refractivity contribution in [2.45, 2.75) is 31.1 Å². The molecule has 3 N–H and O–H groups in total. The van der Waals surface area contributed by atoms with Gasteiger partial charge in [0.2, 0.25) is 0 Å². The van der Waals surface area contributed by atoms with Crippen LogP contribution in [-0.2, 0) is 4.79 Å². The van der Waals surface area contributed by atoms with E-state index in [0.717, 1.165) is 17.0 Å². The summed E-state index contributed by atoms with van der Waals surface area (Å²) in [6, 6.07) is 7.40. The van der Waals surface area contributed by atoms with Crippen molar-refractivity contribution in [1.82, 2.24) is 5.32 Å². The van der Waals surface area contributed by atoms with Crippen molar-refractivity contribution in [2.75, 3.05) is 18.1 Å². The molecule has 0 saturated carbocycles. The molecule has 0 aliphatic carbocycles. The highest BCUT2D eigenvalue weighted by molar-refractivity contribution is 7.98. The van der Waals surface area contributed by atoms with Gasteiger partial charge in [-0.15, -0.1) is 11.8 Å². The summed E-state index contributed by atoms with van der Waals surface area (Å²) in [7, 11) is 0. The normalized spacial score (nSPS) is 11.7. The second-order valence-corrected chi connectivity index (χ2v) is 5.82. The van der Waals surface area contributed by atoms with Crippen LogP contribution in [0, 0.1) is 5.92 Å². The molecule has 0 bridgehead atoms. The van der Waals surface area contributed by atoms with Gasteiger partial charge in [-0.05, 0) is 43.2 Å². The summed E-state index contributed by atoms with van der Waals surface area (Å²) in [6.45, 7) is 2.53. The van der Waals surface area contributed by atoms with E-state index in [1.807, 2.05) is 37.4 Å². The second-order valence-electron chi connectivity index (χ2n) is 4.94. The molecule has 1 unspecified atom stereocenters. The molecule has 116 valence electrons. The van der Waals surface area contributed by atoms with E-state index < -0.39 is 5.97 Å². The monoisotopic (exact) mass is 310 g/mol. The lowest BCUT2D eigenvalue weighted by Crippen LogP contribution is -2.30. The molecule has 1 rings (SSSR count). The number of thioether (sulfide) groups is 1. The number of aliphatic carboxylic acids is 1. The summed E-state index contributed by atoms with van der Waals surface area (Å²) in [6.07, 6.45) is 3.56. The molecule has 0 radical (unpaired) electrons. The number of anilines is 1. The molecule has 0 heterocycles. The highest BCUT2D eigenvalue weighted by Gasteiger charge is 2.07. The Morgan fingerprint density at radius 1 is 1.33 bits per heavy atom. The van der Waals surface area contributed by atoms with E-state index in [2.05, 4.69) is 10.6 Å². The average molecular weight is 310 g/mol. The lowest BCUT2D eigenvalue weighted by Gasteiger charge is -2.12. The van der Waals surface area contributed by atoms with Crippen molar-refractivity contribution >= 4 is 29.4 Å². The highest BCUT2D eigenvalue weighted by atomic mass is 32.2.